The second kappa shape index (κ2) is 8.71. The Bertz CT molecular complexity index is 1210. The molecule has 0 saturated heterocycles. The summed E-state index contributed by atoms with van der Waals surface area (Å²) in [5, 5.41) is 0. The van der Waals surface area contributed by atoms with Crippen molar-refractivity contribution in [2.75, 3.05) is 18.4 Å². The molecule has 170 valence electrons. The van der Waals surface area contributed by atoms with Crippen molar-refractivity contribution < 1.29 is 22.7 Å². The van der Waals surface area contributed by atoms with Crippen molar-refractivity contribution in [1.82, 2.24) is 4.90 Å². The Morgan fingerprint density at radius 2 is 1.84 bits per heavy atom. The summed E-state index contributed by atoms with van der Waals surface area (Å²) >= 11 is 1.04. The van der Waals surface area contributed by atoms with E-state index in [0.717, 1.165) is 47.3 Å². The fourth-order valence-electron chi connectivity index (χ4n) is 4.35. The molecule has 1 aromatic carbocycles. The first-order valence-corrected chi connectivity index (χ1v) is 12.8. The highest BCUT2D eigenvalue weighted by Crippen LogP contribution is 2.38. The molecule has 32 heavy (non-hydrogen) atoms. The fourth-order valence-corrected chi connectivity index (χ4v) is 7.29. The number of carbonyl (C=O) groups is 2. The van der Waals surface area contributed by atoms with Gasteiger partial charge in [0.15, 0.2) is 4.21 Å². The summed E-state index contributed by atoms with van der Waals surface area (Å²) in [5.41, 5.74) is 3.86. The van der Waals surface area contributed by atoms with Gasteiger partial charge in [0.05, 0.1) is 19.2 Å². The molecule has 9 heteroatoms. The second-order valence-electron chi connectivity index (χ2n) is 8.24. The van der Waals surface area contributed by atoms with Gasteiger partial charge in [0.25, 0.3) is 10.0 Å². The van der Waals surface area contributed by atoms with Crippen LogP contribution < -0.4 is 4.72 Å². The number of esters is 1. The Morgan fingerprint density at radius 3 is 2.47 bits per heavy atom. The third-order valence-corrected chi connectivity index (χ3v) is 8.85. The zero-order chi connectivity index (χ0) is 23.0. The van der Waals surface area contributed by atoms with Crippen LogP contribution in [0.1, 0.15) is 51.2 Å². The molecular weight excluding hydrogens is 448 g/mol. The van der Waals surface area contributed by atoms with E-state index in [9.17, 15) is 18.0 Å². The summed E-state index contributed by atoms with van der Waals surface area (Å²) < 4.78 is 34.1. The summed E-state index contributed by atoms with van der Waals surface area (Å²) in [5.74, 6) is -0.680. The van der Waals surface area contributed by atoms with E-state index in [-0.39, 0.29) is 15.7 Å². The third-order valence-electron chi connectivity index (χ3n) is 5.73. The quantitative estimate of drug-likeness (QED) is 0.663. The van der Waals surface area contributed by atoms with Gasteiger partial charge < -0.3 is 9.64 Å². The summed E-state index contributed by atoms with van der Waals surface area (Å²) in [6.45, 7) is 4.51. The highest BCUT2D eigenvalue weighted by atomic mass is 32.2. The molecule has 1 aliphatic carbocycles. The number of hydrogen-bond donors (Lipinski definition) is 1. The van der Waals surface area contributed by atoms with Crippen LogP contribution in [0.25, 0.3) is 0 Å². The smallest absolute Gasteiger partial charge is 0.340 e. The van der Waals surface area contributed by atoms with Crippen LogP contribution >= 0.6 is 11.3 Å². The first kappa shape index (κ1) is 22.5. The number of sulfonamides is 1. The first-order chi connectivity index (χ1) is 15.2. The molecule has 0 radical (unpaired) electrons. The number of carbonyl (C=O) groups excluding carboxylic acids is 2. The molecule has 1 N–H and O–H groups in total. The van der Waals surface area contributed by atoms with Crippen LogP contribution in [0.15, 0.2) is 34.1 Å². The minimum atomic E-state index is -4.03. The SMILES string of the molecule is COC(=O)c1c(S(=O)(=O)Nc2cc(C)cc(C)c2)sc2c1CCN(C(=O)C1=CCCC1)C2. The number of aryl methyl sites for hydroxylation is 2. The number of nitrogens with zero attached hydrogens (tertiary/aromatic N) is 1. The van der Waals surface area contributed by atoms with Crippen molar-refractivity contribution in [3.8, 4) is 0 Å². The number of anilines is 1. The summed E-state index contributed by atoms with van der Waals surface area (Å²) in [6.07, 6.45) is 5.07. The normalized spacial score (nSPS) is 15.8. The summed E-state index contributed by atoms with van der Waals surface area (Å²) in [6, 6.07) is 5.43. The van der Waals surface area contributed by atoms with Crippen molar-refractivity contribution in [3.05, 3.63) is 57.0 Å². The zero-order valence-corrected chi connectivity index (χ0v) is 20.0. The van der Waals surface area contributed by atoms with E-state index in [0.29, 0.717) is 35.6 Å². The van der Waals surface area contributed by atoms with Crippen LogP contribution in [0.5, 0.6) is 0 Å². The average molecular weight is 475 g/mol. The minimum Gasteiger partial charge on any atom is -0.465 e. The molecule has 2 heterocycles. The van der Waals surface area contributed by atoms with Crippen LogP contribution in [0, 0.1) is 13.8 Å². The van der Waals surface area contributed by atoms with Gasteiger partial charge in [0.2, 0.25) is 5.91 Å². The van der Waals surface area contributed by atoms with E-state index in [2.05, 4.69) is 4.72 Å². The average Bonchev–Trinajstić information content (AvgIpc) is 3.39. The highest BCUT2D eigenvalue weighted by Gasteiger charge is 2.35. The Kier molecular flexibility index (Phi) is 6.13. The Hall–Kier alpha value is -2.65. The largest absolute Gasteiger partial charge is 0.465 e. The molecule has 0 spiro atoms. The molecule has 1 aliphatic heterocycles. The number of amides is 1. The number of nitrogens with one attached hydrogen (secondary N) is 1. The molecule has 2 aliphatic rings. The van der Waals surface area contributed by atoms with Crippen LogP contribution in [-0.4, -0.2) is 38.8 Å². The number of fused-ring (bicyclic) bond motifs is 1. The molecule has 0 fully saturated rings. The topological polar surface area (TPSA) is 92.8 Å². The minimum absolute atomic E-state index is 0.000985. The van der Waals surface area contributed by atoms with E-state index in [1.165, 1.54) is 7.11 Å². The van der Waals surface area contributed by atoms with Gasteiger partial charge in [-0.3, -0.25) is 9.52 Å². The summed E-state index contributed by atoms with van der Waals surface area (Å²) in [4.78, 5) is 27.9. The van der Waals surface area contributed by atoms with Crippen molar-refractivity contribution in [2.45, 2.75) is 50.3 Å². The van der Waals surface area contributed by atoms with Crippen LogP contribution in [0.3, 0.4) is 0 Å². The van der Waals surface area contributed by atoms with E-state index in [1.807, 2.05) is 26.0 Å². The molecule has 4 rings (SSSR count). The Balaban J connectivity index is 1.70. The standard InChI is InChI=1S/C23H26N2O5S2/c1-14-10-15(2)12-17(11-14)24-32(28,29)23-20(22(27)30-3)18-8-9-25(13-19(18)31-23)21(26)16-6-4-5-7-16/h6,10-12,24H,4-5,7-9,13H2,1-3H3. The maximum Gasteiger partial charge on any atom is 0.340 e. The van der Waals surface area contributed by atoms with Gasteiger partial charge >= 0.3 is 5.97 Å². The number of ether oxygens (including phenoxy) is 1. The van der Waals surface area contributed by atoms with Gasteiger partial charge in [-0.25, -0.2) is 13.2 Å². The number of benzene rings is 1. The first-order valence-electron chi connectivity index (χ1n) is 10.5. The third kappa shape index (κ3) is 4.31. The maximum atomic E-state index is 13.3. The molecule has 1 amide bonds. The van der Waals surface area contributed by atoms with Gasteiger partial charge in [-0.2, -0.15) is 0 Å². The molecule has 0 atom stereocenters. The van der Waals surface area contributed by atoms with Crippen molar-refractivity contribution in [3.63, 3.8) is 0 Å². The number of rotatable bonds is 5. The number of thiophene rings is 1. The number of methoxy groups -OCH3 is 1. The van der Waals surface area contributed by atoms with Crippen LogP contribution in [-0.2, 0) is 32.5 Å². The molecule has 2 aromatic rings. The lowest BCUT2D eigenvalue weighted by atomic mass is 10.0. The van der Waals surface area contributed by atoms with E-state index >= 15 is 0 Å². The Morgan fingerprint density at radius 1 is 1.12 bits per heavy atom. The molecule has 7 nitrogen and oxygen atoms in total. The molecule has 1 aromatic heterocycles. The number of hydrogen-bond acceptors (Lipinski definition) is 6. The monoisotopic (exact) mass is 474 g/mol. The van der Waals surface area contributed by atoms with Crippen molar-refractivity contribution in [2.24, 2.45) is 0 Å². The predicted molar refractivity (Wildman–Crippen MR) is 123 cm³/mol. The van der Waals surface area contributed by atoms with Crippen molar-refractivity contribution >= 4 is 38.9 Å². The molecular formula is C23H26N2O5S2. The van der Waals surface area contributed by atoms with E-state index in [1.54, 1.807) is 17.0 Å². The predicted octanol–water partition coefficient (Wildman–Crippen LogP) is 3.95. The Labute approximate surface area is 192 Å². The number of allylic oxidation sites excluding steroid dienone is 1. The lowest BCUT2D eigenvalue weighted by Crippen LogP contribution is -2.36. The van der Waals surface area contributed by atoms with Crippen LogP contribution in [0.4, 0.5) is 5.69 Å². The summed E-state index contributed by atoms with van der Waals surface area (Å²) in [7, 11) is -2.79. The van der Waals surface area contributed by atoms with Gasteiger partial charge in [-0.1, -0.05) is 12.1 Å². The van der Waals surface area contributed by atoms with Gasteiger partial charge in [-0.05, 0) is 68.4 Å². The lowest BCUT2D eigenvalue weighted by Gasteiger charge is -2.27. The van der Waals surface area contributed by atoms with E-state index < -0.39 is 16.0 Å². The van der Waals surface area contributed by atoms with Crippen molar-refractivity contribution in [1.29, 1.82) is 0 Å². The fraction of sp³-hybridized carbons (Fsp3) is 0.391. The van der Waals surface area contributed by atoms with Gasteiger partial charge in [0.1, 0.15) is 0 Å². The molecule has 0 saturated carbocycles. The molecule has 0 unspecified atom stereocenters. The maximum absolute atomic E-state index is 13.3. The second-order valence-corrected chi connectivity index (χ2v) is 11.2. The van der Waals surface area contributed by atoms with Gasteiger partial charge in [-0.15, -0.1) is 11.3 Å². The highest BCUT2D eigenvalue weighted by molar-refractivity contribution is 7.94. The van der Waals surface area contributed by atoms with Crippen LogP contribution in [0.2, 0.25) is 0 Å². The molecule has 0 bridgehead atoms. The van der Waals surface area contributed by atoms with Gasteiger partial charge in [0, 0.05) is 22.7 Å². The van der Waals surface area contributed by atoms with E-state index in [4.69, 9.17) is 4.74 Å². The zero-order valence-electron chi connectivity index (χ0n) is 18.4. The lowest BCUT2D eigenvalue weighted by molar-refractivity contribution is -0.128.